The number of nitrogens with two attached hydrogens (primary N) is 1. The molecular weight excluding hydrogens is 667 g/mol. The molecule has 0 saturated carbocycles. The monoisotopic (exact) mass is 707 g/mol. The zero-order valence-corrected chi connectivity index (χ0v) is 30.9. The van der Waals surface area contributed by atoms with E-state index in [1.54, 1.807) is 6.08 Å². The molecule has 264 valence electrons. The largest absolute Gasteiger partial charge is 0.321 e. The SMILES string of the molecule is C=C/C=C\C(C=C)=C(/c1ccc(-c2cc(-c3ccccc3)cc(-c3ccccc3)c2)cc1)c1c(C)cccc1C(=N/C(=N\N)c1ccccc1)C1=C=CC=C1. The van der Waals surface area contributed by atoms with Crippen LogP contribution in [-0.2, 0) is 0 Å². The summed E-state index contributed by atoms with van der Waals surface area (Å²) in [7, 11) is 0. The maximum absolute atomic E-state index is 6.00. The predicted octanol–water partition coefficient (Wildman–Crippen LogP) is 12.5. The van der Waals surface area contributed by atoms with Crippen LogP contribution in [0.1, 0.15) is 27.8 Å². The van der Waals surface area contributed by atoms with Gasteiger partial charge < -0.3 is 5.84 Å². The van der Waals surface area contributed by atoms with Crippen molar-refractivity contribution in [3.05, 3.63) is 252 Å². The lowest BCUT2D eigenvalue weighted by atomic mass is 9.83. The van der Waals surface area contributed by atoms with E-state index in [9.17, 15) is 0 Å². The van der Waals surface area contributed by atoms with Gasteiger partial charge in [0.1, 0.15) is 0 Å². The van der Waals surface area contributed by atoms with Gasteiger partial charge in [-0.15, -0.1) is 5.73 Å². The van der Waals surface area contributed by atoms with Gasteiger partial charge in [0.05, 0.1) is 5.71 Å². The Morgan fingerprint density at radius 3 is 1.75 bits per heavy atom. The van der Waals surface area contributed by atoms with E-state index >= 15 is 0 Å². The van der Waals surface area contributed by atoms with E-state index in [-0.39, 0.29) is 0 Å². The summed E-state index contributed by atoms with van der Waals surface area (Å²) in [5, 5.41) is 4.13. The van der Waals surface area contributed by atoms with Crippen molar-refractivity contribution in [2.75, 3.05) is 0 Å². The minimum atomic E-state index is 0.427. The normalized spacial score (nSPS) is 13.1. The van der Waals surface area contributed by atoms with Crippen molar-refractivity contribution in [2.24, 2.45) is 15.9 Å². The molecule has 0 heterocycles. The summed E-state index contributed by atoms with van der Waals surface area (Å²) in [6, 6.07) is 52.8. The van der Waals surface area contributed by atoms with Gasteiger partial charge in [-0.05, 0) is 98.5 Å². The Hall–Kier alpha value is -7.32. The highest BCUT2D eigenvalue weighted by Crippen LogP contribution is 2.37. The van der Waals surface area contributed by atoms with Crippen molar-refractivity contribution in [3.63, 3.8) is 0 Å². The molecule has 0 bridgehead atoms. The Morgan fingerprint density at radius 2 is 1.22 bits per heavy atom. The third-order valence-corrected chi connectivity index (χ3v) is 9.58. The van der Waals surface area contributed by atoms with Gasteiger partial charge in [-0.1, -0.05) is 177 Å². The molecule has 0 amide bonds. The average Bonchev–Trinajstić information content (AvgIpc) is 3.79. The minimum absolute atomic E-state index is 0.427. The summed E-state index contributed by atoms with van der Waals surface area (Å²) in [4.78, 5) is 5.15. The summed E-state index contributed by atoms with van der Waals surface area (Å²) < 4.78 is 0. The number of aliphatic imine (C=N–C) groups is 1. The van der Waals surface area contributed by atoms with Gasteiger partial charge in [-0.3, -0.25) is 0 Å². The van der Waals surface area contributed by atoms with Crippen molar-refractivity contribution >= 4 is 17.1 Å². The Morgan fingerprint density at radius 1 is 0.636 bits per heavy atom. The summed E-state index contributed by atoms with van der Waals surface area (Å²) >= 11 is 0. The van der Waals surface area contributed by atoms with E-state index in [2.05, 4.69) is 158 Å². The van der Waals surface area contributed by atoms with Crippen LogP contribution in [0.15, 0.2) is 234 Å². The fraction of sp³-hybridized carbons (Fsp3) is 0.0192. The fourth-order valence-electron chi connectivity index (χ4n) is 6.90. The third kappa shape index (κ3) is 8.04. The van der Waals surface area contributed by atoms with Crippen molar-refractivity contribution in [1.29, 1.82) is 0 Å². The Balaban J connectivity index is 1.41. The van der Waals surface area contributed by atoms with Crippen LogP contribution < -0.4 is 5.84 Å². The van der Waals surface area contributed by atoms with Gasteiger partial charge in [0.15, 0.2) is 5.84 Å². The smallest absolute Gasteiger partial charge is 0.179 e. The molecule has 0 aromatic heterocycles. The first-order valence-electron chi connectivity index (χ1n) is 18.3. The standard InChI is InChI=1S/C52H41N3/c1-4-6-20-38(5-2)50(49-37(3)19-18-29-48(49)51(43-25-16-17-26-43)54-52(55-53)44-27-14-9-15-28-44)42-32-30-41(31-33-42)47-35-45(39-21-10-7-11-22-39)34-46(36-47)40-23-12-8-13-24-40/h4-25,27-36H,1-2,53H2,3H3/b20-6-,50-38+,54-51?,55-52-. The van der Waals surface area contributed by atoms with Crippen molar-refractivity contribution in [1.82, 2.24) is 0 Å². The Bertz CT molecular complexity index is 2520. The lowest BCUT2D eigenvalue weighted by Gasteiger charge is -2.20. The van der Waals surface area contributed by atoms with E-state index in [0.717, 1.165) is 55.7 Å². The van der Waals surface area contributed by atoms with Gasteiger partial charge in [0.2, 0.25) is 0 Å². The molecular formula is C52H41N3. The molecule has 0 aliphatic heterocycles. The number of amidine groups is 1. The van der Waals surface area contributed by atoms with Crippen LogP contribution in [0.3, 0.4) is 0 Å². The molecule has 0 unspecified atom stereocenters. The summed E-state index contributed by atoms with van der Waals surface area (Å²) in [6.45, 7) is 10.4. The molecule has 1 aliphatic carbocycles. The summed E-state index contributed by atoms with van der Waals surface area (Å²) in [5.74, 6) is 6.43. The number of hydrazone groups is 1. The highest BCUT2D eigenvalue weighted by atomic mass is 15.2. The van der Waals surface area contributed by atoms with Crippen LogP contribution in [0.4, 0.5) is 0 Å². The molecule has 55 heavy (non-hydrogen) atoms. The molecule has 0 fully saturated rings. The van der Waals surface area contributed by atoms with Crippen molar-refractivity contribution in [3.8, 4) is 33.4 Å². The Labute approximate surface area is 324 Å². The minimum Gasteiger partial charge on any atom is -0.321 e. The highest BCUT2D eigenvalue weighted by Gasteiger charge is 2.22. The van der Waals surface area contributed by atoms with Crippen LogP contribution in [0, 0.1) is 6.92 Å². The molecule has 0 atom stereocenters. The zero-order valence-electron chi connectivity index (χ0n) is 30.9. The van der Waals surface area contributed by atoms with E-state index in [0.29, 0.717) is 11.5 Å². The number of aryl methyl sites for hydroxylation is 1. The molecule has 0 radical (unpaired) electrons. The number of hydrogen-bond acceptors (Lipinski definition) is 2. The van der Waals surface area contributed by atoms with Gasteiger partial charge in [-0.2, -0.15) is 5.10 Å². The number of benzene rings is 6. The highest BCUT2D eigenvalue weighted by molar-refractivity contribution is 6.23. The van der Waals surface area contributed by atoms with Gasteiger partial charge in [0, 0.05) is 16.7 Å². The first kappa shape index (κ1) is 36.1. The first-order chi connectivity index (χ1) is 27.1. The van der Waals surface area contributed by atoms with E-state index in [1.165, 1.54) is 22.3 Å². The van der Waals surface area contributed by atoms with E-state index in [4.69, 9.17) is 10.8 Å². The van der Waals surface area contributed by atoms with Crippen LogP contribution in [-0.4, -0.2) is 11.5 Å². The molecule has 1 aliphatic rings. The summed E-state index contributed by atoms with van der Waals surface area (Å²) in [5.41, 5.74) is 18.7. The molecule has 3 heteroatoms. The van der Waals surface area contributed by atoms with Gasteiger partial charge in [0.25, 0.3) is 0 Å². The molecule has 2 N–H and O–H groups in total. The van der Waals surface area contributed by atoms with E-state index in [1.807, 2.05) is 60.7 Å². The average molecular weight is 708 g/mol. The quantitative estimate of drug-likeness (QED) is 0.0358. The van der Waals surface area contributed by atoms with Gasteiger partial charge in [-0.25, -0.2) is 4.99 Å². The second-order valence-corrected chi connectivity index (χ2v) is 13.1. The van der Waals surface area contributed by atoms with Crippen LogP contribution >= 0.6 is 0 Å². The predicted molar refractivity (Wildman–Crippen MR) is 234 cm³/mol. The summed E-state index contributed by atoms with van der Waals surface area (Å²) in [6.07, 6.45) is 13.6. The molecule has 0 spiro atoms. The van der Waals surface area contributed by atoms with Crippen LogP contribution in [0.2, 0.25) is 0 Å². The van der Waals surface area contributed by atoms with Crippen LogP contribution in [0.5, 0.6) is 0 Å². The first-order valence-corrected chi connectivity index (χ1v) is 18.3. The van der Waals surface area contributed by atoms with Crippen molar-refractivity contribution in [2.45, 2.75) is 6.92 Å². The Kier molecular flexibility index (Phi) is 11.1. The molecule has 0 saturated heterocycles. The third-order valence-electron chi connectivity index (χ3n) is 9.58. The van der Waals surface area contributed by atoms with Crippen molar-refractivity contribution < 1.29 is 0 Å². The molecule has 7 rings (SSSR count). The zero-order chi connectivity index (χ0) is 38.0. The second kappa shape index (κ2) is 17.0. The van der Waals surface area contributed by atoms with Crippen LogP contribution in [0.25, 0.3) is 39.0 Å². The fourth-order valence-corrected chi connectivity index (χ4v) is 6.90. The maximum atomic E-state index is 6.00. The molecule has 3 nitrogen and oxygen atoms in total. The lowest BCUT2D eigenvalue weighted by molar-refractivity contribution is 1.23. The molecule has 6 aromatic rings. The second-order valence-electron chi connectivity index (χ2n) is 13.1. The topological polar surface area (TPSA) is 50.7 Å². The lowest BCUT2D eigenvalue weighted by Crippen LogP contribution is -2.13. The maximum Gasteiger partial charge on any atom is 0.179 e. The number of allylic oxidation sites excluding steroid dienone is 8. The molecule has 6 aromatic carbocycles. The number of nitrogens with zero attached hydrogens (tertiary/aromatic N) is 2. The van der Waals surface area contributed by atoms with Gasteiger partial charge >= 0.3 is 0 Å². The number of hydrogen-bond donors (Lipinski definition) is 1. The van der Waals surface area contributed by atoms with E-state index < -0.39 is 0 Å². The number of rotatable bonds is 11.